The lowest BCUT2D eigenvalue weighted by Gasteiger charge is -2.06. The maximum Gasteiger partial charge on any atom is 0.0587 e. The summed E-state index contributed by atoms with van der Waals surface area (Å²) in [5, 5.41) is 3.34. The summed E-state index contributed by atoms with van der Waals surface area (Å²) >= 11 is 5.27. The van der Waals surface area contributed by atoms with Gasteiger partial charge in [0, 0.05) is 47.7 Å². The molecule has 0 spiro atoms. The van der Waals surface area contributed by atoms with E-state index in [9.17, 15) is 0 Å². The Bertz CT molecular complexity index is 548. The molecule has 112 valence electrons. The zero-order valence-electron chi connectivity index (χ0n) is 12.0. The van der Waals surface area contributed by atoms with Crippen LogP contribution < -0.4 is 5.32 Å². The summed E-state index contributed by atoms with van der Waals surface area (Å²) < 4.78 is 6.03. The number of hydrogen-bond donors (Lipinski definition) is 1. The molecule has 0 aliphatic heterocycles. The van der Waals surface area contributed by atoms with Crippen LogP contribution in [0.2, 0.25) is 0 Å². The van der Waals surface area contributed by atoms with Gasteiger partial charge in [-0.2, -0.15) is 0 Å². The molecular weight excluding hydrogens is 348 g/mol. The SMILES string of the molecule is COCCNCc1ccc(SCc2cncc(Br)c2)cc1. The van der Waals surface area contributed by atoms with Gasteiger partial charge in [0.25, 0.3) is 0 Å². The fraction of sp³-hybridized carbons (Fsp3) is 0.312. The van der Waals surface area contributed by atoms with E-state index in [1.807, 2.05) is 18.0 Å². The lowest BCUT2D eigenvalue weighted by Crippen LogP contribution is -2.18. The molecule has 0 amide bonds. The number of hydrogen-bond acceptors (Lipinski definition) is 4. The van der Waals surface area contributed by atoms with Crippen LogP contribution in [0.15, 0.2) is 52.1 Å². The summed E-state index contributed by atoms with van der Waals surface area (Å²) in [6.45, 7) is 2.50. The molecule has 3 nitrogen and oxygen atoms in total. The Morgan fingerprint density at radius 2 is 2.00 bits per heavy atom. The number of nitrogens with zero attached hydrogens (tertiary/aromatic N) is 1. The number of pyridine rings is 1. The first kappa shape index (κ1) is 16.5. The minimum Gasteiger partial charge on any atom is -0.383 e. The second-order valence-corrected chi connectivity index (χ2v) is 6.58. The Balaban J connectivity index is 1.79. The summed E-state index contributed by atoms with van der Waals surface area (Å²) in [7, 11) is 1.72. The van der Waals surface area contributed by atoms with Crippen molar-refractivity contribution in [3.05, 3.63) is 58.3 Å². The lowest BCUT2D eigenvalue weighted by atomic mass is 10.2. The van der Waals surface area contributed by atoms with Crippen LogP contribution in [0.5, 0.6) is 0 Å². The third-order valence-electron chi connectivity index (χ3n) is 2.90. The van der Waals surface area contributed by atoms with Crippen molar-refractivity contribution >= 4 is 27.7 Å². The Kier molecular flexibility index (Phi) is 7.23. The van der Waals surface area contributed by atoms with Crippen molar-refractivity contribution in [3.8, 4) is 0 Å². The molecule has 0 aliphatic carbocycles. The van der Waals surface area contributed by atoms with Gasteiger partial charge in [0.1, 0.15) is 0 Å². The molecule has 1 aromatic carbocycles. The number of ether oxygens (including phenoxy) is 1. The fourth-order valence-corrected chi connectivity index (χ4v) is 3.04. The number of halogens is 1. The van der Waals surface area contributed by atoms with Crippen LogP contribution in [-0.4, -0.2) is 25.2 Å². The monoisotopic (exact) mass is 366 g/mol. The number of benzene rings is 1. The number of methoxy groups -OCH3 is 1. The average molecular weight is 367 g/mol. The minimum atomic E-state index is 0.745. The van der Waals surface area contributed by atoms with Gasteiger partial charge in [-0.15, -0.1) is 11.8 Å². The molecule has 2 aromatic rings. The highest BCUT2D eigenvalue weighted by molar-refractivity contribution is 9.10. The number of rotatable bonds is 8. The van der Waals surface area contributed by atoms with E-state index in [4.69, 9.17) is 4.74 Å². The zero-order valence-corrected chi connectivity index (χ0v) is 14.4. The number of aromatic nitrogens is 1. The van der Waals surface area contributed by atoms with E-state index in [-0.39, 0.29) is 0 Å². The first-order valence-corrected chi connectivity index (χ1v) is 8.56. The predicted molar refractivity (Wildman–Crippen MR) is 91.5 cm³/mol. The molecular formula is C16H19BrN2OS. The van der Waals surface area contributed by atoms with E-state index in [2.05, 4.69) is 56.6 Å². The van der Waals surface area contributed by atoms with Crippen LogP contribution in [0.25, 0.3) is 0 Å². The molecule has 0 aliphatic rings. The normalized spacial score (nSPS) is 10.8. The van der Waals surface area contributed by atoms with Gasteiger partial charge >= 0.3 is 0 Å². The van der Waals surface area contributed by atoms with Crippen molar-refractivity contribution in [1.29, 1.82) is 0 Å². The zero-order chi connectivity index (χ0) is 14.9. The largest absolute Gasteiger partial charge is 0.383 e. The van der Waals surface area contributed by atoms with Crippen molar-refractivity contribution < 1.29 is 4.74 Å². The Morgan fingerprint density at radius 3 is 2.71 bits per heavy atom. The molecule has 1 N–H and O–H groups in total. The summed E-state index contributed by atoms with van der Waals surface area (Å²) in [6, 6.07) is 10.8. The maximum atomic E-state index is 5.01. The molecule has 5 heteroatoms. The van der Waals surface area contributed by atoms with E-state index in [0.717, 1.165) is 29.9 Å². The molecule has 0 saturated heterocycles. The quantitative estimate of drug-likeness (QED) is 0.567. The van der Waals surface area contributed by atoms with Crippen LogP contribution in [0.3, 0.4) is 0 Å². The van der Waals surface area contributed by atoms with Crippen molar-refractivity contribution in [3.63, 3.8) is 0 Å². The summed E-state index contributed by atoms with van der Waals surface area (Å²) in [4.78, 5) is 5.45. The second-order valence-electron chi connectivity index (χ2n) is 4.61. The fourth-order valence-electron chi connectivity index (χ4n) is 1.81. The van der Waals surface area contributed by atoms with Gasteiger partial charge in [-0.3, -0.25) is 4.98 Å². The van der Waals surface area contributed by atoms with Gasteiger partial charge in [0.2, 0.25) is 0 Å². The molecule has 0 radical (unpaired) electrons. The van der Waals surface area contributed by atoms with Crippen LogP contribution >= 0.6 is 27.7 Å². The number of nitrogens with one attached hydrogen (secondary N) is 1. The third kappa shape index (κ3) is 6.18. The van der Waals surface area contributed by atoms with Crippen molar-refractivity contribution in [1.82, 2.24) is 10.3 Å². The molecule has 0 unspecified atom stereocenters. The van der Waals surface area contributed by atoms with Crippen molar-refractivity contribution in [2.24, 2.45) is 0 Å². The van der Waals surface area contributed by atoms with E-state index in [1.165, 1.54) is 16.0 Å². The lowest BCUT2D eigenvalue weighted by molar-refractivity contribution is 0.199. The average Bonchev–Trinajstić information content (AvgIpc) is 2.51. The van der Waals surface area contributed by atoms with Gasteiger partial charge in [0.05, 0.1) is 6.61 Å². The molecule has 0 saturated carbocycles. The van der Waals surface area contributed by atoms with Crippen molar-refractivity contribution in [2.45, 2.75) is 17.2 Å². The van der Waals surface area contributed by atoms with Crippen molar-refractivity contribution in [2.75, 3.05) is 20.3 Å². The first-order chi connectivity index (χ1) is 10.3. The standard InChI is InChI=1S/C16H19BrN2OS/c1-20-7-6-18-9-13-2-4-16(5-3-13)21-12-14-8-15(17)11-19-10-14/h2-5,8,10-11,18H,6-7,9,12H2,1H3. The maximum absolute atomic E-state index is 5.01. The second kappa shape index (κ2) is 9.20. The van der Waals surface area contributed by atoms with Gasteiger partial charge in [-0.25, -0.2) is 0 Å². The summed E-state index contributed by atoms with van der Waals surface area (Å²) in [5.41, 5.74) is 2.51. The van der Waals surface area contributed by atoms with E-state index in [1.54, 1.807) is 13.3 Å². The Labute approximate surface area is 138 Å². The topological polar surface area (TPSA) is 34.1 Å². The van der Waals surface area contributed by atoms with Crippen LogP contribution in [0.4, 0.5) is 0 Å². The van der Waals surface area contributed by atoms with E-state index >= 15 is 0 Å². The number of thioether (sulfide) groups is 1. The molecule has 1 aromatic heterocycles. The summed E-state index contributed by atoms with van der Waals surface area (Å²) in [5.74, 6) is 0.928. The van der Waals surface area contributed by atoms with Gasteiger partial charge in [-0.05, 0) is 45.3 Å². The highest BCUT2D eigenvalue weighted by Crippen LogP contribution is 2.23. The predicted octanol–water partition coefficient (Wildman–Crippen LogP) is 3.87. The highest BCUT2D eigenvalue weighted by atomic mass is 79.9. The van der Waals surface area contributed by atoms with Crippen LogP contribution in [0.1, 0.15) is 11.1 Å². The molecule has 0 fully saturated rings. The highest BCUT2D eigenvalue weighted by Gasteiger charge is 1.99. The molecule has 0 bridgehead atoms. The minimum absolute atomic E-state index is 0.745. The summed E-state index contributed by atoms with van der Waals surface area (Å²) in [6.07, 6.45) is 3.71. The van der Waals surface area contributed by atoms with E-state index in [0.29, 0.717) is 0 Å². The molecule has 0 atom stereocenters. The smallest absolute Gasteiger partial charge is 0.0587 e. The first-order valence-electron chi connectivity index (χ1n) is 6.79. The van der Waals surface area contributed by atoms with E-state index < -0.39 is 0 Å². The van der Waals surface area contributed by atoms with Gasteiger partial charge in [-0.1, -0.05) is 12.1 Å². The Morgan fingerprint density at radius 1 is 1.19 bits per heavy atom. The molecule has 21 heavy (non-hydrogen) atoms. The van der Waals surface area contributed by atoms with Gasteiger partial charge in [0.15, 0.2) is 0 Å². The van der Waals surface area contributed by atoms with Crippen LogP contribution in [-0.2, 0) is 17.0 Å². The molecule has 1 heterocycles. The van der Waals surface area contributed by atoms with Gasteiger partial charge < -0.3 is 10.1 Å². The third-order valence-corrected chi connectivity index (χ3v) is 4.42. The molecule has 2 rings (SSSR count). The Hall–Kier alpha value is -0.880. The van der Waals surface area contributed by atoms with Crippen LogP contribution in [0, 0.1) is 0 Å².